The maximum absolute atomic E-state index is 12.1. The van der Waals surface area contributed by atoms with E-state index in [-0.39, 0.29) is 18.0 Å². The molecule has 1 aliphatic rings. The molecule has 4 heteroatoms. The van der Waals surface area contributed by atoms with E-state index in [2.05, 4.69) is 10.6 Å². The summed E-state index contributed by atoms with van der Waals surface area (Å²) in [6.45, 7) is 6.80. The van der Waals surface area contributed by atoms with Crippen LogP contribution in [0.5, 0.6) is 0 Å². The van der Waals surface area contributed by atoms with Gasteiger partial charge in [0.2, 0.25) is 5.91 Å². The SMILES string of the molecule is Cc1cc(C(C)NC(=O)[C@@H]2CCCCN2)c(C)o1. The van der Waals surface area contributed by atoms with E-state index >= 15 is 0 Å². The van der Waals surface area contributed by atoms with Gasteiger partial charge in [0.15, 0.2) is 0 Å². The quantitative estimate of drug-likeness (QED) is 0.865. The highest BCUT2D eigenvalue weighted by molar-refractivity contribution is 5.82. The van der Waals surface area contributed by atoms with Crippen LogP contribution in [0.2, 0.25) is 0 Å². The standard InChI is InChI=1S/C14H22N2O2/c1-9-8-12(11(3)18-9)10(2)16-14(17)13-6-4-5-7-15-13/h8,10,13,15H,4-7H2,1-3H3,(H,16,17)/t10?,13-/m0/s1. The number of nitrogens with one attached hydrogen (secondary N) is 2. The fraction of sp³-hybridized carbons (Fsp3) is 0.643. The minimum Gasteiger partial charge on any atom is -0.466 e. The molecule has 2 N–H and O–H groups in total. The summed E-state index contributed by atoms with van der Waals surface area (Å²) in [7, 11) is 0. The van der Waals surface area contributed by atoms with Gasteiger partial charge in [0, 0.05) is 5.56 Å². The molecule has 0 aromatic carbocycles. The first-order chi connectivity index (χ1) is 8.58. The van der Waals surface area contributed by atoms with E-state index in [1.165, 1.54) is 6.42 Å². The second kappa shape index (κ2) is 5.57. The lowest BCUT2D eigenvalue weighted by Gasteiger charge is -2.24. The third-order valence-electron chi connectivity index (χ3n) is 3.53. The van der Waals surface area contributed by atoms with E-state index in [0.717, 1.165) is 36.5 Å². The van der Waals surface area contributed by atoms with Gasteiger partial charge >= 0.3 is 0 Å². The van der Waals surface area contributed by atoms with E-state index in [9.17, 15) is 4.79 Å². The van der Waals surface area contributed by atoms with Crippen molar-refractivity contribution in [3.63, 3.8) is 0 Å². The van der Waals surface area contributed by atoms with E-state index < -0.39 is 0 Å². The smallest absolute Gasteiger partial charge is 0.237 e. The molecule has 1 aromatic heterocycles. The zero-order valence-electron chi connectivity index (χ0n) is 11.4. The van der Waals surface area contributed by atoms with Crippen molar-refractivity contribution in [2.24, 2.45) is 0 Å². The van der Waals surface area contributed by atoms with Crippen LogP contribution in [0.15, 0.2) is 10.5 Å². The van der Waals surface area contributed by atoms with Gasteiger partial charge in [-0.15, -0.1) is 0 Å². The Morgan fingerprint density at radius 1 is 1.50 bits per heavy atom. The average Bonchev–Trinajstić information content (AvgIpc) is 2.69. The largest absolute Gasteiger partial charge is 0.466 e. The molecule has 0 bridgehead atoms. The topological polar surface area (TPSA) is 54.3 Å². The molecule has 18 heavy (non-hydrogen) atoms. The van der Waals surface area contributed by atoms with Crippen molar-refractivity contribution in [3.05, 3.63) is 23.2 Å². The van der Waals surface area contributed by atoms with Crippen LogP contribution in [0.25, 0.3) is 0 Å². The Labute approximate surface area is 108 Å². The van der Waals surface area contributed by atoms with Gasteiger partial charge in [0.1, 0.15) is 11.5 Å². The highest BCUT2D eigenvalue weighted by Crippen LogP contribution is 2.21. The summed E-state index contributed by atoms with van der Waals surface area (Å²) >= 11 is 0. The third kappa shape index (κ3) is 2.93. The fourth-order valence-electron chi connectivity index (χ4n) is 2.55. The zero-order valence-corrected chi connectivity index (χ0v) is 11.4. The van der Waals surface area contributed by atoms with Crippen LogP contribution in [0.1, 0.15) is 49.3 Å². The molecular weight excluding hydrogens is 228 g/mol. The first-order valence-electron chi connectivity index (χ1n) is 6.68. The average molecular weight is 250 g/mol. The Hall–Kier alpha value is -1.29. The molecule has 1 aromatic rings. The summed E-state index contributed by atoms with van der Waals surface area (Å²) in [5.41, 5.74) is 1.07. The number of hydrogen-bond donors (Lipinski definition) is 2. The molecule has 0 aliphatic carbocycles. The maximum Gasteiger partial charge on any atom is 0.237 e. The van der Waals surface area contributed by atoms with E-state index in [1.807, 2.05) is 26.8 Å². The molecule has 1 fully saturated rings. The number of rotatable bonds is 3. The highest BCUT2D eigenvalue weighted by atomic mass is 16.3. The molecule has 100 valence electrons. The van der Waals surface area contributed by atoms with Crippen LogP contribution < -0.4 is 10.6 Å². The van der Waals surface area contributed by atoms with Crippen molar-refractivity contribution in [2.75, 3.05) is 6.54 Å². The molecule has 1 amide bonds. The van der Waals surface area contributed by atoms with Crippen molar-refractivity contribution in [3.8, 4) is 0 Å². The highest BCUT2D eigenvalue weighted by Gasteiger charge is 2.23. The predicted octanol–water partition coefficient (Wildman–Crippen LogP) is 2.22. The van der Waals surface area contributed by atoms with Crippen molar-refractivity contribution in [2.45, 2.75) is 52.1 Å². The minimum absolute atomic E-state index is 0.00123. The van der Waals surface area contributed by atoms with Crippen molar-refractivity contribution in [1.82, 2.24) is 10.6 Å². The Morgan fingerprint density at radius 3 is 2.83 bits per heavy atom. The second-order valence-corrected chi connectivity index (χ2v) is 5.10. The molecule has 2 atom stereocenters. The lowest BCUT2D eigenvalue weighted by Crippen LogP contribution is -2.47. The van der Waals surface area contributed by atoms with Gasteiger partial charge in [0.05, 0.1) is 12.1 Å². The Bertz CT molecular complexity index is 419. The molecule has 2 heterocycles. The Balaban J connectivity index is 1.96. The van der Waals surface area contributed by atoms with Gasteiger partial charge in [-0.1, -0.05) is 6.42 Å². The third-order valence-corrected chi connectivity index (χ3v) is 3.53. The van der Waals surface area contributed by atoms with Gasteiger partial charge < -0.3 is 15.1 Å². The fourth-order valence-corrected chi connectivity index (χ4v) is 2.55. The molecule has 0 radical (unpaired) electrons. The number of furan rings is 1. The van der Waals surface area contributed by atoms with Crippen molar-refractivity contribution >= 4 is 5.91 Å². The van der Waals surface area contributed by atoms with Crippen molar-refractivity contribution < 1.29 is 9.21 Å². The van der Waals surface area contributed by atoms with E-state index in [4.69, 9.17) is 4.42 Å². The summed E-state index contributed by atoms with van der Waals surface area (Å²) in [5.74, 6) is 1.87. The van der Waals surface area contributed by atoms with Gasteiger partial charge in [-0.3, -0.25) is 4.79 Å². The molecule has 1 aliphatic heterocycles. The first kappa shape index (κ1) is 13.1. The predicted molar refractivity (Wildman–Crippen MR) is 70.4 cm³/mol. The van der Waals surface area contributed by atoms with Gasteiger partial charge in [-0.2, -0.15) is 0 Å². The lowest BCUT2D eigenvalue weighted by molar-refractivity contribution is -0.124. The minimum atomic E-state index is -0.0329. The van der Waals surface area contributed by atoms with Crippen LogP contribution in [-0.2, 0) is 4.79 Å². The molecule has 4 nitrogen and oxygen atoms in total. The summed E-state index contributed by atoms with van der Waals surface area (Å²) < 4.78 is 5.50. The number of aryl methyl sites for hydroxylation is 2. The summed E-state index contributed by atoms with van der Waals surface area (Å²) in [6.07, 6.45) is 3.23. The number of hydrogen-bond acceptors (Lipinski definition) is 3. The lowest BCUT2D eigenvalue weighted by atomic mass is 10.0. The number of carbonyl (C=O) groups is 1. The summed E-state index contributed by atoms with van der Waals surface area (Å²) in [5, 5.41) is 6.32. The van der Waals surface area contributed by atoms with Crippen LogP contribution in [0.3, 0.4) is 0 Å². The van der Waals surface area contributed by atoms with Gasteiger partial charge in [0.25, 0.3) is 0 Å². The zero-order chi connectivity index (χ0) is 13.1. The molecule has 1 unspecified atom stereocenters. The van der Waals surface area contributed by atoms with Crippen LogP contribution in [0.4, 0.5) is 0 Å². The molecule has 1 saturated heterocycles. The molecular formula is C14H22N2O2. The Kier molecular flexibility index (Phi) is 4.07. The monoisotopic (exact) mass is 250 g/mol. The molecule has 2 rings (SSSR count). The number of carbonyl (C=O) groups excluding carboxylic acids is 1. The van der Waals surface area contributed by atoms with Crippen LogP contribution in [-0.4, -0.2) is 18.5 Å². The second-order valence-electron chi connectivity index (χ2n) is 5.10. The van der Waals surface area contributed by atoms with Crippen LogP contribution >= 0.6 is 0 Å². The first-order valence-corrected chi connectivity index (χ1v) is 6.68. The van der Waals surface area contributed by atoms with Crippen LogP contribution in [0, 0.1) is 13.8 Å². The van der Waals surface area contributed by atoms with Gasteiger partial charge in [-0.05, 0) is 46.2 Å². The number of amides is 1. The number of piperidine rings is 1. The van der Waals surface area contributed by atoms with Crippen molar-refractivity contribution in [1.29, 1.82) is 0 Å². The maximum atomic E-state index is 12.1. The summed E-state index contributed by atoms with van der Waals surface area (Å²) in [6, 6.07) is 1.96. The summed E-state index contributed by atoms with van der Waals surface area (Å²) in [4.78, 5) is 12.1. The molecule has 0 spiro atoms. The van der Waals surface area contributed by atoms with E-state index in [1.54, 1.807) is 0 Å². The Morgan fingerprint density at radius 2 is 2.28 bits per heavy atom. The molecule has 0 saturated carbocycles. The van der Waals surface area contributed by atoms with Gasteiger partial charge in [-0.25, -0.2) is 0 Å². The normalized spacial score (nSPS) is 21.6. The van der Waals surface area contributed by atoms with E-state index in [0.29, 0.717) is 0 Å².